The number of hydrogen-bond donors (Lipinski definition) is 13. The fourth-order valence-electron chi connectivity index (χ4n) is 5.07. The molecule has 2 heterocycles. The lowest BCUT2D eigenvalue weighted by molar-refractivity contribution is -0.332. The summed E-state index contributed by atoms with van der Waals surface area (Å²) in [5.74, 6) is -0.845. The van der Waals surface area contributed by atoms with Crippen LogP contribution in [0.25, 0.3) is 0 Å². The van der Waals surface area contributed by atoms with Crippen LogP contribution in [0.1, 0.15) is 12.8 Å². The molecule has 17 N–H and O–H groups in total. The molecule has 0 aromatic carbocycles. The number of carbonyl (C=O) groups is 1. The van der Waals surface area contributed by atoms with Crippen LogP contribution in [0, 0.1) is 0 Å². The molecule has 1 amide bonds. The smallest absolute Gasteiger partial charge is 0.249 e. The molecule has 40 heavy (non-hydrogen) atoms. The van der Waals surface area contributed by atoms with Crippen molar-refractivity contribution in [1.82, 2.24) is 5.32 Å². The van der Waals surface area contributed by atoms with Gasteiger partial charge in [-0.2, -0.15) is 0 Å². The standard InChI is InChI=1S/C22H43N5O13/c23-2-1-8(29)20(36)27-7-3-6(25)18(39-22-16(34)15(33)13(31)9(4-24)37-22)17(35)19(7)40-21-14(32)11(26)12(30)10(5-28)38-21/h6-19,21-22,28-35H,1-5,23-26H2,(H,27,36)/t6-,7+,8+,9?,10?,11+,12+,13+,14?,15+,16?,17-,18+,19-,21+,22-/m0/s1. The molecule has 18 heteroatoms. The fraction of sp³-hybridized carbons (Fsp3) is 0.955. The van der Waals surface area contributed by atoms with E-state index in [9.17, 15) is 45.6 Å². The molecule has 18 nitrogen and oxygen atoms in total. The highest BCUT2D eigenvalue weighted by atomic mass is 16.7. The van der Waals surface area contributed by atoms with Crippen LogP contribution in [-0.4, -0.2) is 164 Å². The Kier molecular flexibility index (Phi) is 11.9. The van der Waals surface area contributed by atoms with Crippen molar-refractivity contribution in [2.24, 2.45) is 22.9 Å². The zero-order valence-electron chi connectivity index (χ0n) is 21.7. The first-order valence-electron chi connectivity index (χ1n) is 13.1. The lowest BCUT2D eigenvalue weighted by Gasteiger charge is -2.49. The number of carbonyl (C=O) groups excluding carboxylic acids is 1. The summed E-state index contributed by atoms with van der Waals surface area (Å²) in [4.78, 5) is 12.6. The molecule has 16 atom stereocenters. The van der Waals surface area contributed by atoms with Crippen LogP contribution in [0.3, 0.4) is 0 Å². The number of rotatable bonds is 10. The molecule has 1 saturated carbocycles. The van der Waals surface area contributed by atoms with Gasteiger partial charge >= 0.3 is 0 Å². The van der Waals surface area contributed by atoms with Crippen molar-refractivity contribution in [3.63, 3.8) is 0 Å². The van der Waals surface area contributed by atoms with Gasteiger partial charge in [0.1, 0.15) is 67.1 Å². The first kappa shape index (κ1) is 33.3. The van der Waals surface area contributed by atoms with Gasteiger partial charge in [-0.15, -0.1) is 0 Å². The second-order valence-corrected chi connectivity index (χ2v) is 10.3. The summed E-state index contributed by atoms with van der Waals surface area (Å²) in [7, 11) is 0. The molecule has 234 valence electrons. The van der Waals surface area contributed by atoms with Gasteiger partial charge in [0.15, 0.2) is 12.6 Å². The summed E-state index contributed by atoms with van der Waals surface area (Å²) < 4.78 is 22.5. The maximum Gasteiger partial charge on any atom is 0.249 e. The molecule has 4 unspecified atom stereocenters. The predicted molar refractivity (Wildman–Crippen MR) is 131 cm³/mol. The van der Waals surface area contributed by atoms with Gasteiger partial charge in [-0.3, -0.25) is 4.79 Å². The molecule has 0 spiro atoms. The molecule has 3 aliphatic rings. The average Bonchev–Trinajstić information content (AvgIpc) is 2.92. The Balaban J connectivity index is 1.85. The van der Waals surface area contributed by atoms with Crippen molar-refractivity contribution < 1.29 is 64.6 Å². The van der Waals surface area contributed by atoms with Gasteiger partial charge in [-0.1, -0.05) is 0 Å². The van der Waals surface area contributed by atoms with Gasteiger partial charge in [-0.05, 0) is 19.4 Å². The summed E-state index contributed by atoms with van der Waals surface area (Å²) >= 11 is 0. The Bertz CT molecular complexity index is 815. The van der Waals surface area contributed by atoms with Gasteiger partial charge in [0.25, 0.3) is 0 Å². The number of nitrogens with one attached hydrogen (secondary N) is 1. The Morgan fingerprint density at radius 1 is 0.850 bits per heavy atom. The molecule has 0 bridgehead atoms. The van der Waals surface area contributed by atoms with E-state index < -0.39 is 110 Å². The van der Waals surface area contributed by atoms with Crippen molar-refractivity contribution in [3.05, 3.63) is 0 Å². The lowest BCUT2D eigenvalue weighted by Crippen LogP contribution is -2.69. The number of aliphatic hydroxyl groups excluding tert-OH is 8. The van der Waals surface area contributed by atoms with E-state index in [0.717, 1.165) is 0 Å². The van der Waals surface area contributed by atoms with Gasteiger partial charge < -0.3 is 88.1 Å². The SMILES string of the molecule is NCC[C@@H](O)C(=O)N[C@@H]1C[C@H](N)[C@@H](O[C@@H]2OC(CN)[C@@H](O)[C@@H](O)C2O)[C@H](O)[C@H]1O[C@H]1OC(CO)[C@@H](O)[C@@H](N)C1O. The van der Waals surface area contributed by atoms with Crippen LogP contribution >= 0.6 is 0 Å². The van der Waals surface area contributed by atoms with E-state index in [-0.39, 0.29) is 25.9 Å². The average molecular weight is 586 g/mol. The van der Waals surface area contributed by atoms with E-state index in [0.29, 0.717) is 0 Å². The van der Waals surface area contributed by atoms with Gasteiger partial charge in [0.2, 0.25) is 5.91 Å². The summed E-state index contributed by atoms with van der Waals surface area (Å²) in [5, 5.41) is 84.9. The van der Waals surface area contributed by atoms with Crippen LogP contribution in [0.2, 0.25) is 0 Å². The topological polar surface area (TPSA) is 332 Å². The number of ether oxygens (including phenoxy) is 4. The minimum atomic E-state index is -1.76. The Morgan fingerprint density at radius 3 is 2.05 bits per heavy atom. The first-order chi connectivity index (χ1) is 18.9. The molecule has 0 aromatic rings. The first-order valence-corrected chi connectivity index (χ1v) is 13.1. The molecular weight excluding hydrogens is 542 g/mol. The zero-order valence-corrected chi connectivity index (χ0v) is 21.7. The molecule has 0 aromatic heterocycles. The molecule has 3 fully saturated rings. The van der Waals surface area contributed by atoms with Crippen molar-refractivity contribution >= 4 is 5.91 Å². The van der Waals surface area contributed by atoms with Crippen molar-refractivity contribution in [3.8, 4) is 0 Å². The summed E-state index contributed by atoms with van der Waals surface area (Å²) in [5.41, 5.74) is 23.1. The molecule has 2 aliphatic heterocycles. The minimum Gasteiger partial charge on any atom is -0.394 e. The Labute approximate surface area is 229 Å². The number of hydrogen-bond acceptors (Lipinski definition) is 17. The quantitative estimate of drug-likeness (QED) is 0.113. The normalized spacial score (nSPS) is 47.0. The highest BCUT2D eigenvalue weighted by Crippen LogP contribution is 2.32. The number of amides is 1. The van der Waals surface area contributed by atoms with Crippen LogP contribution in [0.15, 0.2) is 0 Å². The second-order valence-electron chi connectivity index (χ2n) is 10.3. The highest BCUT2D eigenvalue weighted by Gasteiger charge is 2.52. The fourth-order valence-corrected chi connectivity index (χ4v) is 5.07. The van der Waals surface area contributed by atoms with Crippen LogP contribution in [0.4, 0.5) is 0 Å². The molecule has 2 saturated heterocycles. The zero-order chi connectivity index (χ0) is 29.9. The summed E-state index contributed by atoms with van der Waals surface area (Å²) in [6.07, 6.45) is -19.8. The third kappa shape index (κ3) is 7.06. The van der Waals surface area contributed by atoms with E-state index in [1.807, 2.05) is 0 Å². The predicted octanol–water partition coefficient (Wildman–Crippen LogP) is -8.42. The Morgan fingerprint density at radius 2 is 1.45 bits per heavy atom. The highest BCUT2D eigenvalue weighted by molar-refractivity contribution is 5.80. The van der Waals surface area contributed by atoms with Gasteiger partial charge in [0.05, 0.1) is 18.7 Å². The molecule has 1 aliphatic carbocycles. The molecular formula is C22H43N5O13. The minimum absolute atomic E-state index is 0.0101. The van der Waals surface area contributed by atoms with Crippen LogP contribution in [0.5, 0.6) is 0 Å². The third-order valence-corrected chi connectivity index (χ3v) is 7.51. The van der Waals surface area contributed by atoms with E-state index in [1.165, 1.54) is 0 Å². The largest absolute Gasteiger partial charge is 0.394 e. The van der Waals surface area contributed by atoms with Crippen LogP contribution in [-0.2, 0) is 23.7 Å². The lowest BCUT2D eigenvalue weighted by atomic mass is 9.83. The van der Waals surface area contributed by atoms with Crippen LogP contribution < -0.4 is 28.3 Å². The van der Waals surface area contributed by atoms with Crippen molar-refractivity contribution in [2.75, 3.05) is 19.7 Å². The monoisotopic (exact) mass is 585 g/mol. The summed E-state index contributed by atoms with van der Waals surface area (Å²) in [6.45, 7) is -0.898. The maximum absolute atomic E-state index is 12.6. The van der Waals surface area contributed by atoms with E-state index in [4.69, 9.17) is 41.9 Å². The maximum atomic E-state index is 12.6. The van der Waals surface area contributed by atoms with E-state index in [2.05, 4.69) is 5.32 Å². The third-order valence-electron chi connectivity index (χ3n) is 7.51. The van der Waals surface area contributed by atoms with Gasteiger partial charge in [-0.25, -0.2) is 0 Å². The van der Waals surface area contributed by atoms with E-state index >= 15 is 0 Å². The van der Waals surface area contributed by atoms with Gasteiger partial charge in [0, 0.05) is 12.6 Å². The van der Waals surface area contributed by atoms with Crippen molar-refractivity contribution in [1.29, 1.82) is 0 Å². The summed E-state index contributed by atoms with van der Waals surface area (Å²) in [6, 6.07) is -3.45. The number of nitrogens with two attached hydrogens (primary N) is 4. The second kappa shape index (κ2) is 14.3. The number of aliphatic hydroxyl groups is 8. The molecule has 3 rings (SSSR count). The van der Waals surface area contributed by atoms with E-state index in [1.54, 1.807) is 0 Å². The van der Waals surface area contributed by atoms with Crippen molar-refractivity contribution in [2.45, 2.75) is 111 Å². The molecule has 0 radical (unpaired) electrons. The Hall–Kier alpha value is -1.17.